The summed E-state index contributed by atoms with van der Waals surface area (Å²) in [7, 11) is -9.80. The van der Waals surface area contributed by atoms with Gasteiger partial charge in [0.15, 0.2) is 6.10 Å². The maximum Gasteiger partial charge on any atom is 0.472 e. The first kappa shape index (κ1) is 96.7. The van der Waals surface area contributed by atoms with E-state index in [2.05, 4.69) is 154 Å². The van der Waals surface area contributed by atoms with E-state index >= 15 is 0 Å². The Balaban J connectivity index is 4.43. The zero-order valence-electron chi connectivity index (χ0n) is 63.3. The zero-order chi connectivity index (χ0) is 73.7. The van der Waals surface area contributed by atoms with Gasteiger partial charge < -0.3 is 34.2 Å². The average Bonchev–Trinajstić information content (AvgIpc) is 1.12. The van der Waals surface area contributed by atoms with E-state index in [1.165, 1.54) is 109 Å². The number of phosphoric ester groups is 2. The second-order valence-corrected chi connectivity index (χ2v) is 29.0. The molecule has 0 aromatic rings. The van der Waals surface area contributed by atoms with Gasteiger partial charge in [0, 0.05) is 19.3 Å². The Morgan fingerprint density at radius 3 is 0.832 bits per heavy atom. The van der Waals surface area contributed by atoms with Gasteiger partial charge in [-0.3, -0.25) is 32.5 Å². The molecule has 16 nitrogen and oxygen atoms in total. The number of aliphatic hydroxyl groups excluding tert-OH is 2. The normalized spacial score (nSPS) is 14.7. The van der Waals surface area contributed by atoms with Gasteiger partial charge in [-0.2, -0.15) is 0 Å². The van der Waals surface area contributed by atoms with Crippen LogP contribution < -0.4 is 0 Å². The summed E-state index contributed by atoms with van der Waals surface area (Å²) in [5.74, 6) is -1.62. The summed E-state index contributed by atoms with van der Waals surface area (Å²) in [6.07, 6.45) is 90.9. The number of ether oxygens (including phenoxy) is 3. The first-order valence-corrected chi connectivity index (χ1v) is 42.5. The molecule has 18 heteroatoms. The van der Waals surface area contributed by atoms with Crippen molar-refractivity contribution in [2.45, 2.75) is 334 Å². The third kappa shape index (κ3) is 76.6. The van der Waals surface area contributed by atoms with Crippen LogP contribution in [0.4, 0.5) is 0 Å². The molecule has 101 heavy (non-hydrogen) atoms. The molecule has 0 saturated heterocycles. The summed E-state index contributed by atoms with van der Waals surface area (Å²) in [6.45, 7) is 2.39. The summed E-state index contributed by atoms with van der Waals surface area (Å²) in [5, 5.41) is 20.6. The molecule has 0 radical (unpaired) electrons. The Bertz CT molecular complexity index is 2370. The highest BCUT2D eigenvalue weighted by molar-refractivity contribution is 7.47. The third-order valence-electron chi connectivity index (χ3n) is 16.3. The number of hydrogen-bond donors (Lipinski definition) is 4. The Labute approximate surface area is 614 Å². The molecule has 5 atom stereocenters. The number of carbonyl (C=O) groups is 3. The second kappa shape index (κ2) is 75.4. The highest BCUT2D eigenvalue weighted by Crippen LogP contribution is 2.45. The van der Waals surface area contributed by atoms with Gasteiger partial charge in [-0.25, -0.2) is 9.13 Å². The molecule has 580 valence electrons. The first-order valence-electron chi connectivity index (χ1n) is 39.5. The van der Waals surface area contributed by atoms with Crippen LogP contribution in [-0.2, 0) is 55.8 Å². The van der Waals surface area contributed by atoms with Crippen molar-refractivity contribution in [2.24, 2.45) is 0 Å². The molecule has 0 saturated carbocycles. The largest absolute Gasteiger partial charge is 0.472 e. The standard InChI is InChI=1S/C83H142O16P2/c1-4-7-10-13-16-19-22-25-28-30-31-32-33-34-35-36-37-38-39-40-41-42-43-44-45-47-50-51-54-57-60-63-66-69-81(86)93-72-78(84)73-95-100(89,90)96-74-79(85)75-97-101(91,92)98-77-80(99-83(88)71-68-65-62-59-56-53-48-27-24-21-18-15-12-9-6-3)76-94-82(87)70-67-64-61-58-55-52-49-46-29-26-23-20-17-14-11-8-5-2/h7-8,10-11,16-21,25-29,31-32,34-35,48-49,52,78-80,84-85H,4-6,9,12-15,22-24,30,33,36-47,50-51,53-77H2,1-3H3,(H,89,90)(H,91,92)/b10-7-,11-8-,19-16-,20-17-,21-18-,28-25-,29-26-,32-31-,35-34-,48-27-,52-49-. The first-order chi connectivity index (χ1) is 49.2. The minimum Gasteiger partial charge on any atom is -0.463 e. The van der Waals surface area contributed by atoms with Crippen molar-refractivity contribution in [1.82, 2.24) is 0 Å². The number of rotatable bonds is 74. The molecule has 0 rings (SSSR count). The van der Waals surface area contributed by atoms with Crippen LogP contribution in [0.2, 0.25) is 0 Å². The predicted molar refractivity (Wildman–Crippen MR) is 417 cm³/mol. The van der Waals surface area contributed by atoms with Gasteiger partial charge in [0.1, 0.15) is 25.4 Å². The highest BCUT2D eigenvalue weighted by atomic mass is 31.2. The number of phosphoric acid groups is 2. The number of unbranched alkanes of at least 4 members (excludes halogenated alkanes) is 29. The lowest BCUT2D eigenvalue weighted by atomic mass is 10.0. The van der Waals surface area contributed by atoms with Gasteiger partial charge in [0.25, 0.3) is 0 Å². The lowest BCUT2D eigenvalue weighted by Gasteiger charge is -2.21. The van der Waals surface area contributed by atoms with E-state index in [1.54, 1.807) is 0 Å². The molecule has 4 N–H and O–H groups in total. The van der Waals surface area contributed by atoms with Crippen molar-refractivity contribution in [3.8, 4) is 0 Å². The summed E-state index contributed by atoms with van der Waals surface area (Å²) in [6, 6.07) is 0. The summed E-state index contributed by atoms with van der Waals surface area (Å²) < 4.78 is 61.1. The molecule has 0 amide bonds. The lowest BCUT2D eigenvalue weighted by Crippen LogP contribution is -2.30. The molecule has 0 aromatic heterocycles. The minimum absolute atomic E-state index is 0.0809. The summed E-state index contributed by atoms with van der Waals surface area (Å²) in [5.41, 5.74) is 0. The number of esters is 3. The zero-order valence-corrected chi connectivity index (χ0v) is 65.1. The van der Waals surface area contributed by atoms with E-state index in [0.717, 1.165) is 148 Å². The number of hydrogen-bond acceptors (Lipinski definition) is 14. The SMILES string of the molecule is CC/C=C\C/C=C\C/C=C\C/C=C\C/C=C\CCCCCCCCCCCCCCCCCCCC(=O)OCC(O)COP(=O)(O)OCC(O)COP(=O)(O)OCC(COC(=O)CCCCCC/C=C\C/C=C\C/C=C\C/C=C\CC)OC(=O)CCCCCCC/C=C\C/C=C\CCCCC. The maximum atomic E-state index is 12.9. The third-order valence-corrected chi connectivity index (χ3v) is 18.2. The van der Waals surface area contributed by atoms with Crippen molar-refractivity contribution in [3.63, 3.8) is 0 Å². The van der Waals surface area contributed by atoms with Crippen molar-refractivity contribution >= 4 is 33.6 Å². The maximum absolute atomic E-state index is 12.9. The van der Waals surface area contributed by atoms with Crippen molar-refractivity contribution in [3.05, 3.63) is 134 Å². The Morgan fingerprint density at radius 1 is 0.287 bits per heavy atom. The smallest absolute Gasteiger partial charge is 0.463 e. The molecule has 0 aliphatic carbocycles. The van der Waals surface area contributed by atoms with Crippen molar-refractivity contribution in [2.75, 3.05) is 39.6 Å². The molecular formula is C83H142O16P2. The molecule has 0 fully saturated rings. The fourth-order valence-electron chi connectivity index (χ4n) is 10.4. The number of carbonyl (C=O) groups excluding carboxylic acids is 3. The second-order valence-electron chi connectivity index (χ2n) is 26.1. The molecule has 0 aliphatic rings. The lowest BCUT2D eigenvalue weighted by molar-refractivity contribution is -0.161. The molecule has 0 heterocycles. The van der Waals surface area contributed by atoms with Crippen molar-refractivity contribution in [1.29, 1.82) is 0 Å². The van der Waals surface area contributed by atoms with E-state index in [0.29, 0.717) is 19.3 Å². The van der Waals surface area contributed by atoms with E-state index in [1.807, 2.05) is 0 Å². The van der Waals surface area contributed by atoms with Crippen LogP contribution in [0.5, 0.6) is 0 Å². The van der Waals surface area contributed by atoms with Crippen LogP contribution in [0.15, 0.2) is 134 Å². The van der Waals surface area contributed by atoms with Gasteiger partial charge >= 0.3 is 33.6 Å². The van der Waals surface area contributed by atoms with Crippen LogP contribution in [0, 0.1) is 0 Å². The summed E-state index contributed by atoms with van der Waals surface area (Å²) in [4.78, 5) is 58.6. The summed E-state index contributed by atoms with van der Waals surface area (Å²) >= 11 is 0. The fraction of sp³-hybridized carbons (Fsp3) is 0.699. The fourth-order valence-corrected chi connectivity index (χ4v) is 12.0. The Kier molecular flexibility index (Phi) is 72.2. The highest BCUT2D eigenvalue weighted by Gasteiger charge is 2.29. The van der Waals surface area contributed by atoms with E-state index in [9.17, 15) is 43.5 Å². The minimum atomic E-state index is -4.94. The van der Waals surface area contributed by atoms with Crippen LogP contribution in [0.3, 0.4) is 0 Å². The quantitative estimate of drug-likeness (QED) is 0.0146. The number of allylic oxidation sites excluding steroid dienone is 22. The van der Waals surface area contributed by atoms with Gasteiger partial charge in [-0.15, -0.1) is 0 Å². The van der Waals surface area contributed by atoms with Gasteiger partial charge in [0.2, 0.25) is 0 Å². The molecular weight excluding hydrogens is 1310 g/mol. The molecule has 5 unspecified atom stereocenters. The van der Waals surface area contributed by atoms with E-state index in [-0.39, 0.29) is 19.3 Å². The van der Waals surface area contributed by atoms with Crippen LogP contribution >= 0.6 is 15.6 Å². The van der Waals surface area contributed by atoms with Crippen LogP contribution in [0.1, 0.15) is 316 Å². The molecule has 0 bridgehead atoms. The van der Waals surface area contributed by atoms with Crippen LogP contribution in [0.25, 0.3) is 0 Å². The topological polar surface area (TPSA) is 231 Å². The van der Waals surface area contributed by atoms with Gasteiger partial charge in [0.05, 0.1) is 26.4 Å². The van der Waals surface area contributed by atoms with Crippen LogP contribution in [-0.4, -0.2) is 95.9 Å². The number of aliphatic hydroxyl groups is 2. The van der Waals surface area contributed by atoms with Gasteiger partial charge in [-0.1, -0.05) is 296 Å². The molecule has 0 aliphatic heterocycles. The average molecular weight is 1460 g/mol. The van der Waals surface area contributed by atoms with Gasteiger partial charge in [-0.05, 0) is 135 Å². The monoisotopic (exact) mass is 1460 g/mol. The Morgan fingerprint density at radius 2 is 0.525 bits per heavy atom. The van der Waals surface area contributed by atoms with Crippen molar-refractivity contribution < 1.29 is 75.8 Å². The predicted octanol–water partition coefficient (Wildman–Crippen LogP) is 23.1. The Hall–Kier alpha value is -4.31. The molecule has 0 spiro atoms. The molecule has 0 aromatic carbocycles. The van der Waals surface area contributed by atoms with E-state index < -0.39 is 91.5 Å². The van der Waals surface area contributed by atoms with E-state index in [4.69, 9.17) is 32.3 Å².